The summed E-state index contributed by atoms with van der Waals surface area (Å²) in [5.74, 6) is 8.72. The normalized spacial score (nSPS) is 22.4. The second-order valence-corrected chi connectivity index (χ2v) is 43.2. The molecule has 0 spiro atoms. The second-order valence-electron chi connectivity index (χ2n) is 43.2. The molecule has 0 fully saturated rings. The molecule has 0 radical (unpaired) electrons. The van der Waals surface area contributed by atoms with Crippen LogP contribution < -0.4 is 18.9 Å². The Hall–Kier alpha value is -9.52. The molecule has 16 rings (SSSR count). The molecule has 0 bridgehead atoms. The minimum atomic E-state index is -0.384. The van der Waals surface area contributed by atoms with Gasteiger partial charge in [0, 0.05) is 80.7 Å². The standard InChI is InChI=1S/C21H30O3.C21H30O2.C21H26O2.C21H30O.2C19H26O2/c1-4-5-6-7-14-11-18(23)20-16-10-15(13-22)8-9-17(16)21(2,3)24-19(20)12-14;2*1-5-6-7-8-15-12-18(22)20-16-11-14(2)9-10-17(16)21(3,4)23-19(20)13-15;1-5-6-7-8-17-10-12-19(21(22)14-17)20-13-16(4)9-11-18(20)15(2)3;1-5-6-13-10-16(20)18-14-9-12(2)7-8-15(14)19(3,4)21-17(18)11-13;1-5-6-14-10-17(20)19(18(21)11-14)16-9-13(4)7-8-15(16)12(2)3/h10-12,16-17,22-23H,4-9,13H2,1-3H3;11-13,16-17,22H,5-10H2,1-4H3;9-13,22H,5-8H2,1-4H3;10,12-14,18,20,22H,2,5-9,11H2,1,3-4H3;9-11,14-15,20H,5-8H2,1-4H3;9-11,15-16,20-21H,2,5-8H2,1,3-4H3/t2*16-,17-;;18-,20+;14-,15-;15-,16+/m11.010/s1. The summed E-state index contributed by atoms with van der Waals surface area (Å²) in [6, 6.07) is 32.5. The van der Waals surface area contributed by atoms with Crippen LogP contribution in [0.3, 0.4) is 0 Å². The molecular formula is C122H168O12. The van der Waals surface area contributed by atoms with Gasteiger partial charge in [-0.1, -0.05) is 219 Å². The van der Waals surface area contributed by atoms with Crippen molar-refractivity contribution in [3.8, 4) is 74.4 Å². The van der Waals surface area contributed by atoms with Crippen LogP contribution in [0.2, 0.25) is 0 Å². The first-order valence-electron chi connectivity index (χ1n) is 51.7. The number of aromatic hydroxyl groups is 7. The van der Waals surface area contributed by atoms with Crippen LogP contribution in [0.1, 0.15) is 394 Å². The predicted molar refractivity (Wildman–Crippen MR) is 556 cm³/mol. The lowest BCUT2D eigenvalue weighted by Crippen LogP contribution is -2.45. The van der Waals surface area contributed by atoms with E-state index in [1.807, 2.05) is 37.3 Å². The molecule has 4 heterocycles. The maximum atomic E-state index is 10.7. The molecule has 8 N–H and O–H groups in total. The average molecular weight is 1830 g/mol. The van der Waals surface area contributed by atoms with E-state index in [1.54, 1.807) is 12.1 Å². The maximum Gasteiger partial charge on any atom is 0.132 e. The fourth-order valence-electron chi connectivity index (χ4n) is 23.0. The third kappa shape index (κ3) is 25.6. The Morgan fingerprint density at radius 2 is 0.679 bits per heavy atom. The Morgan fingerprint density at radius 3 is 1.08 bits per heavy atom. The number of unbranched alkanes of at least 4 members (excludes halogenated alkanes) is 8. The molecule has 7 aromatic carbocycles. The molecule has 134 heavy (non-hydrogen) atoms. The Bertz CT molecular complexity index is 5350. The molecule has 0 amide bonds. The second kappa shape index (κ2) is 46.6. The SMILES string of the molecule is C=C(C)[C@@H]1CCC(C)=C[C@H]1c1c(O)cc(CCC)cc1O.C=C(C)[C@@H]1CCC(C)=C[C@H]1c1ccc(CCCCC)cc1O.CCCCCc1cc(O)c2c(c1)OC(C)(C)[C@@H]1CCC(C)=C[C@@H]21.CCCCCc1cc(O)c2c(c1)OC(C)(C)[C@@H]1CCC(CO)=C[C@@H]21.CCCCCc1cc(O)c2c(c1)OC(C)(C)c1ccc(C)cc1-2.CCCc1cc(O)c2c(c1)OC(C)(C)[C@@H]1CCC(C)=C[C@@H]21. The third-order valence-electron chi connectivity index (χ3n) is 30.4. The third-order valence-corrected chi connectivity index (χ3v) is 30.4. The summed E-state index contributed by atoms with van der Waals surface area (Å²) in [4.78, 5) is 0. The molecule has 5 aliphatic carbocycles. The van der Waals surface area contributed by atoms with Crippen molar-refractivity contribution in [3.05, 3.63) is 252 Å². The summed E-state index contributed by atoms with van der Waals surface area (Å²) in [7, 11) is 0. The fourth-order valence-corrected chi connectivity index (χ4v) is 23.0. The van der Waals surface area contributed by atoms with Crippen LogP contribution in [-0.4, -0.2) is 64.3 Å². The van der Waals surface area contributed by atoms with Crippen molar-refractivity contribution in [2.24, 2.45) is 29.6 Å². The summed E-state index contributed by atoms with van der Waals surface area (Å²) in [6.45, 7) is 53.6. The van der Waals surface area contributed by atoms with Gasteiger partial charge in [-0.2, -0.15) is 0 Å². The Balaban J connectivity index is 0.000000155. The Morgan fingerprint density at radius 1 is 0.336 bits per heavy atom. The van der Waals surface area contributed by atoms with E-state index in [1.165, 1.54) is 114 Å². The minimum Gasteiger partial charge on any atom is -0.508 e. The lowest BCUT2D eigenvalue weighted by molar-refractivity contribution is 0.00985. The number of aliphatic hydroxyl groups excluding tert-OH is 1. The van der Waals surface area contributed by atoms with Crippen molar-refractivity contribution in [3.63, 3.8) is 0 Å². The van der Waals surface area contributed by atoms with E-state index in [4.69, 9.17) is 18.9 Å². The molecule has 12 nitrogen and oxygen atoms in total. The van der Waals surface area contributed by atoms with Gasteiger partial charge < -0.3 is 59.8 Å². The highest BCUT2D eigenvalue weighted by Gasteiger charge is 2.49. The van der Waals surface area contributed by atoms with E-state index in [-0.39, 0.29) is 76.0 Å². The van der Waals surface area contributed by atoms with Gasteiger partial charge >= 0.3 is 0 Å². The fraction of sp³-hybridized carbons (Fsp3) is 0.541. The highest BCUT2D eigenvalue weighted by atomic mass is 16.5. The summed E-state index contributed by atoms with van der Waals surface area (Å²) in [5, 5.41) is 83.4. The van der Waals surface area contributed by atoms with Crippen LogP contribution in [-0.2, 0) is 44.1 Å². The van der Waals surface area contributed by atoms with Crippen molar-refractivity contribution in [2.75, 3.05) is 6.61 Å². The van der Waals surface area contributed by atoms with E-state index in [0.717, 1.165) is 218 Å². The van der Waals surface area contributed by atoms with E-state index in [2.05, 4.69) is 237 Å². The lowest BCUT2D eigenvalue weighted by atomic mass is 9.68. The monoisotopic (exact) mass is 1830 g/mol. The van der Waals surface area contributed by atoms with Crippen LogP contribution in [0, 0.1) is 36.5 Å². The van der Waals surface area contributed by atoms with Gasteiger partial charge in [0.1, 0.15) is 85.6 Å². The van der Waals surface area contributed by atoms with Crippen molar-refractivity contribution in [2.45, 2.75) is 390 Å². The first-order valence-corrected chi connectivity index (χ1v) is 51.7. The highest BCUT2D eigenvalue weighted by Crippen LogP contribution is 2.59. The molecule has 10 atom stereocenters. The summed E-state index contributed by atoms with van der Waals surface area (Å²) in [5.41, 5.74) is 23.8. The Labute approximate surface area is 807 Å². The van der Waals surface area contributed by atoms with E-state index in [9.17, 15) is 40.9 Å². The molecule has 7 aromatic rings. The summed E-state index contributed by atoms with van der Waals surface area (Å²) < 4.78 is 25.3. The van der Waals surface area contributed by atoms with E-state index >= 15 is 0 Å². The van der Waals surface area contributed by atoms with Gasteiger partial charge in [0.15, 0.2) is 0 Å². The largest absolute Gasteiger partial charge is 0.508 e. The number of rotatable bonds is 25. The zero-order valence-corrected chi connectivity index (χ0v) is 85.9. The molecule has 0 aromatic heterocycles. The van der Waals surface area contributed by atoms with Gasteiger partial charge in [0.2, 0.25) is 0 Å². The van der Waals surface area contributed by atoms with Crippen LogP contribution in [0.4, 0.5) is 0 Å². The van der Waals surface area contributed by atoms with Crippen molar-refractivity contribution >= 4 is 0 Å². The van der Waals surface area contributed by atoms with Crippen LogP contribution >= 0.6 is 0 Å². The smallest absolute Gasteiger partial charge is 0.132 e. The summed E-state index contributed by atoms with van der Waals surface area (Å²) >= 11 is 0. The first-order chi connectivity index (χ1) is 63.7. The van der Waals surface area contributed by atoms with Crippen LogP contribution in [0.25, 0.3) is 11.1 Å². The van der Waals surface area contributed by atoms with Crippen molar-refractivity contribution in [1.82, 2.24) is 0 Å². The van der Waals surface area contributed by atoms with Gasteiger partial charge in [0.05, 0.1) is 12.2 Å². The number of hydrogen-bond donors (Lipinski definition) is 8. The Kier molecular flexibility index (Phi) is 36.5. The molecule has 0 unspecified atom stereocenters. The molecule has 9 aliphatic rings. The number of fused-ring (bicyclic) bond motifs is 12. The van der Waals surface area contributed by atoms with E-state index < -0.39 is 0 Å². The minimum absolute atomic E-state index is 0.0203. The number of allylic oxidation sites excluding steroid dienone is 11. The zero-order valence-electron chi connectivity index (χ0n) is 85.9. The average Bonchev–Trinajstić information content (AvgIpc) is 0.751. The predicted octanol–water partition coefficient (Wildman–Crippen LogP) is 32.3. The molecule has 12 heteroatoms. The van der Waals surface area contributed by atoms with Crippen molar-refractivity contribution in [1.29, 1.82) is 0 Å². The van der Waals surface area contributed by atoms with Crippen LogP contribution in [0.15, 0.2) is 180 Å². The van der Waals surface area contributed by atoms with E-state index in [0.29, 0.717) is 58.0 Å². The number of phenols is 7. The number of hydrogen-bond acceptors (Lipinski definition) is 12. The van der Waals surface area contributed by atoms with Gasteiger partial charge in [-0.3, -0.25) is 0 Å². The number of ether oxygens (including phenoxy) is 4. The molecule has 0 saturated heterocycles. The molecule has 0 saturated carbocycles. The van der Waals surface area contributed by atoms with Gasteiger partial charge in [0.25, 0.3) is 0 Å². The topological polar surface area (TPSA) is 199 Å². The molecule has 728 valence electrons. The van der Waals surface area contributed by atoms with Gasteiger partial charge in [-0.05, 0) is 355 Å². The van der Waals surface area contributed by atoms with Crippen molar-refractivity contribution < 1.29 is 59.8 Å². The quantitative estimate of drug-likeness (QED) is 0.0199. The zero-order chi connectivity index (χ0) is 97.4. The number of aliphatic hydroxyl groups is 1. The molecular weight excluding hydrogens is 1660 g/mol. The number of aryl methyl sites for hydroxylation is 7. The number of phenolic OH excluding ortho intramolecular Hbond substituents is 7. The molecule has 4 aliphatic heterocycles. The first kappa shape index (κ1) is 105. The van der Waals surface area contributed by atoms with Crippen LogP contribution in [0.5, 0.6) is 63.2 Å². The maximum absolute atomic E-state index is 10.7. The highest BCUT2D eigenvalue weighted by molar-refractivity contribution is 5.82. The van der Waals surface area contributed by atoms with Gasteiger partial charge in [-0.25, -0.2) is 0 Å². The lowest BCUT2D eigenvalue weighted by Gasteiger charge is -2.46. The number of benzene rings is 7. The van der Waals surface area contributed by atoms with Gasteiger partial charge in [-0.15, -0.1) is 0 Å². The summed E-state index contributed by atoms with van der Waals surface area (Å²) in [6.07, 6.45) is 44.5.